The van der Waals surface area contributed by atoms with Crippen molar-refractivity contribution in [2.75, 3.05) is 0 Å². The van der Waals surface area contributed by atoms with E-state index in [4.69, 9.17) is 0 Å². The van der Waals surface area contributed by atoms with E-state index in [2.05, 4.69) is 33.1 Å². The summed E-state index contributed by atoms with van der Waals surface area (Å²) in [6.45, 7) is 11.8. The van der Waals surface area contributed by atoms with E-state index in [0.29, 0.717) is 0 Å². The molecule has 0 N–H and O–H groups in total. The average Bonchev–Trinajstić information content (AvgIpc) is 2.04. The summed E-state index contributed by atoms with van der Waals surface area (Å²) in [7, 11) is 0. The summed E-state index contributed by atoms with van der Waals surface area (Å²) in [6.07, 6.45) is 7.40. The molecule has 0 spiro atoms. The summed E-state index contributed by atoms with van der Waals surface area (Å²) in [6, 6.07) is 0. The molecule has 0 bridgehead atoms. The third kappa shape index (κ3) is 5.65. The van der Waals surface area contributed by atoms with E-state index < -0.39 is 0 Å². The van der Waals surface area contributed by atoms with Crippen LogP contribution in [0.3, 0.4) is 0 Å². The molecule has 0 aromatic rings. The molecule has 0 aromatic carbocycles. The van der Waals surface area contributed by atoms with Crippen molar-refractivity contribution in [2.24, 2.45) is 0 Å². The Morgan fingerprint density at radius 2 is 2.09 bits per heavy atom. The maximum absolute atomic E-state index is 3.85. The summed E-state index contributed by atoms with van der Waals surface area (Å²) >= 11 is 0. The van der Waals surface area contributed by atoms with E-state index in [0.717, 1.165) is 24.8 Å². The number of allylic oxidation sites excluding steroid dienone is 4. The standard InChI is InChI=1S/C11H18/c1-5-10(3)8-7-9-11(4)6-2/h5,9H,1,3,6-8H2,2,4H3/b11-9+. The van der Waals surface area contributed by atoms with Crippen LogP contribution in [0.4, 0.5) is 0 Å². The van der Waals surface area contributed by atoms with E-state index in [1.165, 1.54) is 5.57 Å². The monoisotopic (exact) mass is 150 g/mol. The molecule has 0 aliphatic carbocycles. The molecule has 0 aliphatic rings. The predicted molar refractivity (Wildman–Crippen MR) is 52.6 cm³/mol. The lowest BCUT2D eigenvalue weighted by molar-refractivity contribution is 0.975. The molecule has 0 unspecified atom stereocenters. The second-order valence-electron chi connectivity index (χ2n) is 2.81. The summed E-state index contributed by atoms with van der Waals surface area (Å²) in [5.74, 6) is 0. The van der Waals surface area contributed by atoms with E-state index in [-0.39, 0.29) is 0 Å². The van der Waals surface area contributed by atoms with Gasteiger partial charge in [0.1, 0.15) is 0 Å². The summed E-state index contributed by atoms with van der Waals surface area (Å²) in [5.41, 5.74) is 2.59. The number of rotatable bonds is 5. The molecule has 0 atom stereocenters. The van der Waals surface area contributed by atoms with Crippen LogP contribution in [0.15, 0.2) is 36.5 Å². The summed E-state index contributed by atoms with van der Waals surface area (Å²) in [4.78, 5) is 0. The fraction of sp³-hybridized carbons (Fsp3) is 0.455. The van der Waals surface area contributed by atoms with Crippen LogP contribution in [0.2, 0.25) is 0 Å². The highest BCUT2D eigenvalue weighted by atomic mass is 13.9. The van der Waals surface area contributed by atoms with E-state index >= 15 is 0 Å². The highest BCUT2D eigenvalue weighted by Crippen LogP contribution is 2.07. The van der Waals surface area contributed by atoms with E-state index in [1.54, 1.807) is 0 Å². The van der Waals surface area contributed by atoms with Crippen molar-refractivity contribution in [3.05, 3.63) is 36.5 Å². The van der Waals surface area contributed by atoms with Crippen molar-refractivity contribution in [1.82, 2.24) is 0 Å². The lowest BCUT2D eigenvalue weighted by atomic mass is 10.1. The molecule has 0 aromatic heterocycles. The second-order valence-corrected chi connectivity index (χ2v) is 2.81. The van der Waals surface area contributed by atoms with Gasteiger partial charge < -0.3 is 0 Å². The van der Waals surface area contributed by atoms with Crippen molar-refractivity contribution < 1.29 is 0 Å². The minimum atomic E-state index is 1.04. The smallest absolute Gasteiger partial charge is 0.0250 e. The topological polar surface area (TPSA) is 0 Å². The molecule has 11 heavy (non-hydrogen) atoms. The normalized spacial score (nSPS) is 11.3. The first-order valence-electron chi connectivity index (χ1n) is 4.16. The van der Waals surface area contributed by atoms with Crippen LogP contribution < -0.4 is 0 Å². The van der Waals surface area contributed by atoms with Gasteiger partial charge in [0, 0.05) is 0 Å². The Bertz CT molecular complexity index is 161. The highest BCUT2D eigenvalue weighted by molar-refractivity contribution is 5.12. The predicted octanol–water partition coefficient (Wildman–Crippen LogP) is 3.87. The Kier molecular flexibility index (Phi) is 5.54. The molecule has 0 saturated carbocycles. The van der Waals surface area contributed by atoms with Crippen LogP contribution in [-0.4, -0.2) is 0 Å². The van der Waals surface area contributed by atoms with Gasteiger partial charge in [0.15, 0.2) is 0 Å². The van der Waals surface area contributed by atoms with Crippen molar-refractivity contribution in [3.8, 4) is 0 Å². The number of hydrogen-bond acceptors (Lipinski definition) is 0. The maximum Gasteiger partial charge on any atom is -0.0250 e. The van der Waals surface area contributed by atoms with E-state index in [9.17, 15) is 0 Å². The first-order chi connectivity index (χ1) is 5.20. The van der Waals surface area contributed by atoms with Gasteiger partial charge in [-0.25, -0.2) is 0 Å². The van der Waals surface area contributed by atoms with Gasteiger partial charge in [-0.2, -0.15) is 0 Å². The molecule has 0 heterocycles. The molecule has 0 amide bonds. The Balaban J connectivity index is 3.55. The molecular formula is C11H18. The van der Waals surface area contributed by atoms with Gasteiger partial charge in [-0.3, -0.25) is 0 Å². The van der Waals surface area contributed by atoms with Crippen LogP contribution >= 0.6 is 0 Å². The lowest BCUT2D eigenvalue weighted by Gasteiger charge is -1.96. The van der Waals surface area contributed by atoms with Crippen molar-refractivity contribution in [1.29, 1.82) is 0 Å². The van der Waals surface area contributed by atoms with Crippen LogP contribution in [0, 0.1) is 0 Å². The summed E-state index contributed by atoms with van der Waals surface area (Å²) in [5, 5.41) is 0. The molecule has 0 nitrogen and oxygen atoms in total. The lowest BCUT2D eigenvalue weighted by Crippen LogP contribution is -1.76. The molecular weight excluding hydrogens is 132 g/mol. The summed E-state index contributed by atoms with van der Waals surface area (Å²) < 4.78 is 0. The number of hydrogen-bond donors (Lipinski definition) is 0. The van der Waals surface area contributed by atoms with Gasteiger partial charge in [-0.1, -0.05) is 43.4 Å². The molecule has 0 saturated heterocycles. The van der Waals surface area contributed by atoms with Gasteiger partial charge in [0.25, 0.3) is 0 Å². The zero-order valence-electron chi connectivity index (χ0n) is 7.69. The molecule has 0 heteroatoms. The zero-order valence-corrected chi connectivity index (χ0v) is 7.69. The zero-order chi connectivity index (χ0) is 8.69. The minimum Gasteiger partial charge on any atom is -0.0988 e. The minimum absolute atomic E-state index is 1.04. The quantitative estimate of drug-likeness (QED) is 0.412. The van der Waals surface area contributed by atoms with Crippen LogP contribution in [0.5, 0.6) is 0 Å². The Labute approximate surface area is 70.3 Å². The third-order valence-electron chi connectivity index (χ3n) is 1.80. The molecule has 0 aliphatic heterocycles. The maximum atomic E-state index is 3.85. The molecule has 62 valence electrons. The Morgan fingerprint density at radius 1 is 1.45 bits per heavy atom. The average molecular weight is 150 g/mol. The molecule has 0 rings (SSSR count). The first-order valence-corrected chi connectivity index (χ1v) is 4.16. The largest absolute Gasteiger partial charge is 0.0988 e. The van der Waals surface area contributed by atoms with Crippen molar-refractivity contribution in [3.63, 3.8) is 0 Å². The second kappa shape index (κ2) is 5.96. The Hall–Kier alpha value is -0.780. The highest BCUT2D eigenvalue weighted by Gasteiger charge is 1.86. The van der Waals surface area contributed by atoms with Gasteiger partial charge in [0.05, 0.1) is 0 Å². The van der Waals surface area contributed by atoms with Gasteiger partial charge >= 0.3 is 0 Å². The van der Waals surface area contributed by atoms with Crippen molar-refractivity contribution >= 4 is 0 Å². The van der Waals surface area contributed by atoms with Gasteiger partial charge in [-0.15, -0.1) is 0 Å². The molecule has 0 radical (unpaired) electrons. The molecule has 0 fully saturated rings. The first kappa shape index (κ1) is 10.2. The van der Waals surface area contributed by atoms with Crippen molar-refractivity contribution in [2.45, 2.75) is 33.1 Å². The van der Waals surface area contributed by atoms with Crippen LogP contribution in [-0.2, 0) is 0 Å². The van der Waals surface area contributed by atoms with E-state index in [1.807, 2.05) is 6.08 Å². The SMILES string of the molecule is C=CC(=C)CC/C=C(\C)CC. The van der Waals surface area contributed by atoms with Crippen LogP contribution in [0.1, 0.15) is 33.1 Å². The Morgan fingerprint density at radius 3 is 2.55 bits per heavy atom. The fourth-order valence-corrected chi connectivity index (χ4v) is 0.750. The third-order valence-corrected chi connectivity index (χ3v) is 1.80. The van der Waals surface area contributed by atoms with Gasteiger partial charge in [-0.05, 0) is 26.2 Å². The van der Waals surface area contributed by atoms with Gasteiger partial charge in [0.2, 0.25) is 0 Å². The van der Waals surface area contributed by atoms with Crippen LogP contribution in [0.25, 0.3) is 0 Å². The fourth-order valence-electron chi connectivity index (χ4n) is 0.750.